The Morgan fingerprint density at radius 3 is 2.69 bits per heavy atom. The molecule has 2 aliphatic heterocycles. The Kier molecular flexibility index (Phi) is 3.95. The molecule has 2 saturated heterocycles. The maximum absolute atomic E-state index is 10.6. The van der Waals surface area contributed by atoms with Crippen molar-refractivity contribution in [1.82, 2.24) is 15.2 Å². The van der Waals surface area contributed by atoms with E-state index in [0.717, 1.165) is 45.6 Å². The van der Waals surface area contributed by atoms with Gasteiger partial charge in [-0.3, -0.25) is 0 Å². The summed E-state index contributed by atoms with van der Waals surface area (Å²) in [5, 5.41) is 15.0. The van der Waals surface area contributed by atoms with Crippen molar-refractivity contribution in [1.29, 1.82) is 0 Å². The molecule has 0 bridgehead atoms. The molecule has 0 saturated carbocycles. The van der Waals surface area contributed by atoms with Crippen molar-refractivity contribution in [3.63, 3.8) is 0 Å². The standard InChI is InChI=1S/C10H20N4O2/c15-14(16)13-6-2-10(9-13)1-5-12-7-3-11-4-8-12/h10-11H,1-9H2. The van der Waals surface area contributed by atoms with Crippen LogP contribution < -0.4 is 5.32 Å². The highest BCUT2D eigenvalue weighted by Crippen LogP contribution is 2.19. The van der Waals surface area contributed by atoms with Crippen LogP contribution in [-0.4, -0.2) is 60.8 Å². The lowest BCUT2D eigenvalue weighted by molar-refractivity contribution is -0.651. The van der Waals surface area contributed by atoms with E-state index >= 15 is 0 Å². The molecule has 2 heterocycles. The number of piperazine rings is 1. The van der Waals surface area contributed by atoms with E-state index in [1.165, 1.54) is 5.01 Å². The van der Waals surface area contributed by atoms with Gasteiger partial charge in [0.15, 0.2) is 5.03 Å². The van der Waals surface area contributed by atoms with Gasteiger partial charge in [-0.25, -0.2) is 10.1 Å². The molecular weight excluding hydrogens is 208 g/mol. The van der Waals surface area contributed by atoms with Gasteiger partial charge >= 0.3 is 0 Å². The third-order valence-electron chi connectivity index (χ3n) is 3.56. The Balaban J connectivity index is 1.65. The van der Waals surface area contributed by atoms with Crippen LogP contribution in [-0.2, 0) is 0 Å². The Morgan fingerprint density at radius 1 is 1.31 bits per heavy atom. The van der Waals surface area contributed by atoms with Crippen LogP contribution in [0, 0.1) is 16.0 Å². The number of hydrogen-bond acceptors (Lipinski definition) is 4. The second-order valence-electron chi connectivity index (χ2n) is 4.69. The molecular formula is C10H20N4O2. The molecule has 2 aliphatic rings. The third-order valence-corrected chi connectivity index (χ3v) is 3.56. The molecule has 0 aromatic rings. The number of hydrogen-bond donors (Lipinski definition) is 1. The predicted octanol–water partition coefficient (Wildman–Crippen LogP) is -0.205. The average Bonchev–Trinajstić information content (AvgIpc) is 2.76. The Labute approximate surface area is 95.7 Å². The molecule has 2 rings (SSSR count). The summed E-state index contributed by atoms with van der Waals surface area (Å²) >= 11 is 0. The van der Waals surface area contributed by atoms with E-state index in [9.17, 15) is 10.1 Å². The summed E-state index contributed by atoms with van der Waals surface area (Å²) in [5.41, 5.74) is 0. The fourth-order valence-electron chi connectivity index (χ4n) is 2.50. The molecule has 0 aromatic carbocycles. The van der Waals surface area contributed by atoms with Crippen LogP contribution in [0.5, 0.6) is 0 Å². The number of rotatable bonds is 4. The molecule has 0 amide bonds. The van der Waals surface area contributed by atoms with Gasteiger partial charge in [0.1, 0.15) is 0 Å². The van der Waals surface area contributed by atoms with Gasteiger partial charge in [0, 0.05) is 26.2 Å². The first kappa shape index (κ1) is 11.6. The van der Waals surface area contributed by atoms with E-state index in [0.29, 0.717) is 19.0 Å². The molecule has 16 heavy (non-hydrogen) atoms. The van der Waals surface area contributed by atoms with Gasteiger partial charge in [-0.1, -0.05) is 0 Å². The highest BCUT2D eigenvalue weighted by Gasteiger charge is 2.28. The van der Waals surface area contributed by atoms with Crippen LogP contribution in [0.3, 0.4) is 0 Å². The van der Waals surface area contributed by atoms with Gasteiger partial charge in [-0.05, 0) is 25.3 Å². The second-order valence-corrected chi connectivity index (χ2v) is 4.69. The van der Waals surface area contributed by atoms with Crippen molar-refractivity contribution in [2.24, 2.45) is 5.92 Å². The lowest BCUT2D eigenvalue weighted by Crippen LogP contribution is -2.44. The zero-order chi connectivity index (χ0) is 11.4. The Bertz CT molecular complexity index is 243. The van der Waals surface area contributed by atoms with Crippen molar-refractivity contribution in [2.75, 3.05) is 45.8 Å². The van der Waals surface area contributed by atoms with E-state index in [1.54, 1.807) is 0 Å². The van der Waals surface area contributed by atoms with Crippen molar-refractivity contribution >= 4 is 0 Å². The molecule has 6 heteroatoms. The monoisotopic (exact) mass is 228 g/mol. The molecule has 2 fully saturated rings. The summed E-state index contributed by atoms with van der Waals surface area (Å²) in [4.78, 5) is 13.0. The summed E-state index contributed by atoms with van der Waals surface area (Å²) in [5.74, 6) is 0.514. The topological polar surface area (TPSA) is 61.7 Å². The summed E-state index contributed by atoms with van der Waals surface area (Å²) in [6.07, 6.45) is 2.08. The van der Waals surface area contributed by atoms with Gasteiger partial charge < -0.3 is 10.2 Å². The number of nitrogens with one attached hydrogen (secondary N) is 1. The summed E-state index contributed by atoms with van der Waals surface area (Å²) < 4.78 is 0. The summed E-state index contributed by atoms with van der Waals surface area (Å²) in [6, 6.07) is 0. The lowest BCUT2D eigenvalue weighted by atomic mass is 10.0. The molecule has 0 aromatic heterocycles. The van der Waals surface area contributed by atoms with Crippen molar-refractivity contribution in [3.8, 4) is 0 Å². The summed E-state index contributed by atoms with van der Waals surface area (Å²) in [7, 11) is 0. The van der Waals surface area contributed by atoms with Crippen LogP contribution in [0.4, 0.5) is 0 Å². The maximum Gasteiger partial charge on any atom is 0.160 e. The normalized spacial score (nSPS) is 27.2. The quantitative estimate of drug-likeness (QED) is 0.533. The zero-order valence-electron chi connectivity index (χ0n) is 9.60. The van der Waals surface area contributed by atoms with Gasteiger partial charge in [-0.15, -0.1) is 5.01 Å². The minimum absolute atomic E-state index is 0.259. The van der Waals surface area contributed by atoms with Crippen molar-refractivity contribution in [2.45, 2.75) is 12.8 Å². The molecule has 92 valence electrons. The minimum Gasteiger partial charge on any atom is -0.314 e. The SMILES string of the molecule is O=[N+]([O-])N1CCC(CCN2CCNCC2)C1. The van der Waals surface area contributed by atoms with Crippen LogP contribution >= 0.6 is 0 Å². The molecule has 6 nitrogen and oxygen atoms in total. The predicted molar refractivity (Wildman–Crippen MR) is 60.6 cm³/mol. The van der Waals surface area contributed by atoms with E-state index in [4.69, 9.17) is 0 Å². The third kappa shape index (κ3) is 3.05. The zero-order valence-corrected chi connectivity index (χ0v) is 9.60. The first-order valence-corrected chi connectivity index (χ1v) is 6.08. The van der Waals surface area contributed by atoms with Crippen LogP contribution in [0.2, 0.25) is 0 Å². The first-order chi connectivity index (χ1) is 7.75. The smallest absolute Gasteiger partial charge is 0.160 e. The fourth-order valence-corrected chi connectivity index (χ4v) is 2.50. The highest BCUT2D eigenvalue weighted by molar-refractivity contribution is 4.74. The van der Waals surface area contributed by atoms with Gasteiger partial charge in [0.25, 0.3) is 0 Å². The van der Waals surface area contributed by atoms with Crippen LogP contribution in [0.1, 0.15) is 12.8 Å². The van der Waals surface area contributed by atoms with Crippen LogP contribution in [0.15, 0.2) is 0 Å². The molecule has 0 aliphatic carbocycles. The van der Waals surface area contributed by atoms with Crippen molar-refractivity contribution < 1.29 is 5.03 Å². The first-order valence-electron chi connectivity index (χ1n) is 6.08. The Morgan fingerprint density at radius 2 is 2.06 bits per heavy atom. The van der Waals surface area contributed by atoms with E-state index in [2.05, 4.69) is 10.2 Å². The molecule has 1 atom stereocenters. The number of hydrazine groups is 1. The molecule has 0 radical (unpaired) electrons. The van der Waals surface area contributed by atoms with Gasteiger partial charge in [-0.2, -0.15) is 0 Å². The van der Waals surface area contributed by atoms with E-state index in [1.807, 2.05) is 0 Å². The maximum atomic E-state index is 10.6. The molecule has 1 N–H and O–H groups in total. The molecule has 0 spiro atoms. The average molecular weight is 228 g/mol. The van der Waals surface area contributed by atoms with Crippen molar-refractivity contribution in [3.05, 3.63) is 10.1 Å². The highest BCUT2D eigenvalue weighted by atomic mass is 16.7. The lowest BCUT2D eigenvalue weighted by Gasteiger charge is -2.27. The Hall–Kier alpha value is -0.880. The minimum atomic E-state index is -0.259. The number of nitrogens with zero attached hydrogens (tertiary/aromatic N) is 3. The second kappa shape index (κ2) is 5.45. The van der Waals surface area contributed by atoms with Crippen LogP contribution in [0.25, 0.3) is 0 Å². The van der Waals surface area contributed by atoms with Gasteiger partial charge in [0.2, 0.25) is 0 Å². The van der Waals surface area contributed by atoms with E-state index < -0.39 is 0 Å². The van der Waals surface area contributed by atoms with E-state index in [-0.39, 0.29) is 5.03 Å². The number of nitro groups is 1. The van der Waals surface area contributed by atoms with Gasteiger partial charge in [0.05, 0.1) is 13.1 Å². The summed E-state index contributed by atoms with van der Waals surface area (Å²) in [6.45, 7) is 6.74. The molecule has 1 unspecified atom stereocenters. The fraction of sp³-hybridized carbons (Fsp3) is 1.00. The largest absolute Gasteiger partial charge is 0.314 e.